The summed E-state index contributed by atoms with van der Waals surface area (Å²) in [6.45, 7) is 3.13. The summed E-state index contributed by atoms with van der Waals surface area (Å²) < 4.78 is 26.7. The Hall–Kier alpha value is -1.37. The number of hydrogen-bond donors (Lipinski definition) is 0. The van der Waals surface area contributed by atoms with Crippen molar-refractivity contribution in [2.75, 3.05) is 24.6 Å². The second-order valence-electron chi connectivity index (χ2n) is 5.23. The van der Waals surface area contributed by atoms with E-state index in [-0.39, 0.29) is 0 Å². The Balaban J connectivity index is 1.86. The zero-order valence-electron chi connectivity index (χ0n) is 12.4. The second kappa shape index (κ2) is 6.40. The predicted molar refractivity (Wildman–Crippen MR) is 90.5 cm³/mol. The first-order valence-corrected chi connectivity index (χ1v) is 9.78. The first-order valence-electron chi connectivity index (χ1n) is 7.18. The molecular formula is C16H18N2O2S2. The first kappa shape index (κ1) is 15.5. The number of sulfonamides is 1. The van der Waals surface area contributed by atoms with Crippen LogP contribution in [0.3, 0.4) is 0 Å². The van der Waals surface area contributed by atoms with Gasteiger partial charge in [0.2, 0.25) is 10.0 Å². The van der Waals surface area contributed by atoms with E-state index in [2.05, 4.69) is 4.98 Å². The van der Waals surface area contributed by atoms with Crippen LogP contribution in [0.1, 0.15) is 5.69 Å². The highest BCUT2D eigenvalue weighted by atomic mass is 32.2. The van der Waals surface area contributed by atoms with Gasteiger partial charge < -0.3 is 0 Å². The summed E-state index contributed by atoms with van der Waals surface area (Å²) in [4.78, 5) is 4.64. The van der Waals surface area contributed by atoms with Gasteiger partial charge in [-0.2, -0.15) is 16.1 Å². The minimum Gasteiger partial charge on any atom is -0.261 e. The number of rotatable bonds is 3. The Bertz CT molecular complexity index is 735. The van der Waals surface area contributed by atoms with Crippen LogP contribution >= 0.6 is 11.8 Å². The van der Waals surface area contributed by atoms with E-state index in [1.54, 1.807) is 34.4 Å². The lowest BCUT2D eigenvalue weighted by Crippen LogP contribution is -2.37. The van der Waals surface area contributed by atoms with E-state index in [1.807, 2.05) is 31.2 Å². The van der Waals surface area contributed by atoms with Crippen molar-refractivity contribution in [3.8, 4) is 11.1 Å². The molecule has 6 heteroatoms. The van der Waals surface area contributed by atoms with Gasteiger partial charge in [0.25, 0.3) is 0 Å². The van der Waals surface area contributed by atoms with Crippen LogP contribution in [0, 0.1) is 6.92 Å². The SMILES string of the molecule is Cc1ccc(-c2ccc(S(=O)(=O)N3CCSCC3)cc2)cn1. The molecule has 0 bridgehead atoms. The largest absolute Gasteiger partial charge is 0.261 e. The normalized spacial score (nSPS) is 16.6. The summed E-state index contributed by atoms with van der Waals surface area (Å²) in [6.07, 6.45) is 1.81. The van der Waals surface area contributed by atoms with E-state index in [0.717, 1.165) is 28.3 Å². The third-order valence-electron chi connectivity index (χ3n) is 3.71. The number of benzene rings is 1. The van der Waals surface area contributed by atoms with Crippen LogP contribution in [0.5, 0.6) is 0 Å². The molecule has 0 saturated carbocycles. The van der Waals surface area contributed by atoms with Crippen molar-refractivity contribution in [2.24, 2.45) is 0 Å². The van der Waals surface area contributed by atoms with Crippen LogP contribution in [0.15, 0.2) is 47.5 Å². The fourth-order valence-corrected chi connectivity index (χ4v) is 4.97. The Morgan fingerprint density at radius 1 is 1.00 bits per heavy atom. The van der Waals surface area contributed by atoms with E-state index in [0.29, 0.717) is 18.0 Å². The molecule has 116 valence electrons. The molecule has 1 aliphatic heterocycles. The standard InChI is InChI=1S/C16H18N2O2S2/c1-13-2-3-15(12-17-13)14-4-6-16(7-5-14)22(19,20)18-8-10-21-11-9-18/h2-7,12H,8-11H2,1H3. The fraction of sp³-hybridized carbons (Fsp3) is 0.312. The van der Waals surface area contributed by atoms with Gasteiger partial charge in [0.15, 0.2) is 0 Å². The zero-order valence-corrected chi connectivity index (χ0v) is 14.0. The number of pyridine rings is 1. The van der Waals surface area contributed by atoms with Crippen LogP contribution < -0.4 is 0 Å². The van der Waals surface area contributed by atoms with Crippen LogP contribution in [0.2, 0.25) is 0 Å². The molecular weight excluding hydrogens is 316 g/mol. The lowest BCUT2D eigenvalue weighted by Gasteiger charge is -2.25. The van der Waals surface area contributed by atoms with Gasteiger partial charge in [-0.3, -0.25) is 4.98 Å². The molecule has 0 aliphatic carbocycles. The fourth-order valence-electron chi connectivity index (χ4n) is 2.39. The van der Waals surface area contributed by atoms with E-state index < -0.39 is 10.0 Å². The van der Waals surface area contributed by atoms with Gasteiger partial charge in [-0.25, -0.2) is 8.42 Å². The van der Waals surface area contributed by atoms with Crippen molar-refractivity contribution in [1.82, 2.24) is 9.29 Å². The number of hydrogen-bond acceptors (Lipinski definition) is 4. The smallest absolute Gasteiger partial charge is 0.243 e. The van der Waals surface area contributed by atoms with Gasteiger partial charge in [0.05, 0.1) is 4.90 Å². The molecule has 1 fully saturated rings. The zero-order chi connectivity index (χ0) is 15.6. The minimum atomic E-state index is -3.36. The summed E-state index contributed by atoms with van der Waals surface area (Å²) in [5.74, 6) is 1.73. The Morgan fingerprint density at radius 3 is 2.23 bits per heavy atom. The molecule has 3 rings (SSSR count). The topological polar surface area (TPSA) is 50.3 Å². The van der Waals surface area contributed by atoms with E-state index in [9.17, 15) is 8.42 Å². The van der Waals surface area contributed by atoms with Crippen LogP contribution in [0.4, 0.5) is 0 Å². The quantitative estimate of drug-likeness (QED) is 0.866. The molecule has 0 amide bonds. The maximum absolute atomic E-state index is 12.6. The summed E-state index contributed by atoms with van der Waals surface area (Å²) in [5.41, 5.74) is 2.93. The molecule has 1 aromatic carbocycles. The summed E-state index contributed by atoms with van der Waals surface area (Å²) in [7, 11) is -3.36. The predicted octanol–water partition coefficient (Wildman–Crippen LogP) is 2.79. The molecule has 4 nitrogen and oxygen atoms in total. The van der Waals surface area contributed by atoms with Crippen LogP contribution in [-0.2, 0) is 10.0 Å². The molecule has 2 aromatic rings. The van der Waals surface area contributed by atoms with E-state index in [4.69, 9.17) is 0 Å². The van der Waals surface area contributed by atoms with Crippen molar-refractivity contribution in [1.29, 1.82) is 0 Å². The van der Waals surface area contributed by atoms with Gasteiger partial charge in [-0.1, -0.05) is 18.2 Å². The number of thioether (sulfide) groups is 1. The Kier molecular flexibility index (Phi) is 4.52. The lowest BCUT2D eigenvalue weighted by atomic mass is 10.1. The van der Waals surface area contributed by atoms with Gasteiger partial charge in [-0.15, -0.1) is 0 Å². The van der Waals surface area contributed by atoms with E-state index in [1.165, 1.54) is 0 Å². The van der Waals surface area contributed by atoms with E-state index >= 15 is 0 Å². The number of nitrogens with zero attached hydrogens (tertiary/aromatic N) is 2. The summed E-state index contributed by atoms with van der Waals surface area (Å²) in [6, 6.07) is 11.0. The Labute approximate surface area is 135 Å². The maximum Gasteiger partial charge on any atom is 0.243 e. The van der Waals surface area contributed by atoms with Crippen molar-refractivity contribution in [3.63, 3.8) is 0 Å². The molecule has 1 aliphatic rings. The van der Waals surface area contributed by atoms with Crippen molar-refractivity contribution >= 4 is 21.8 Å². The average molecular weight is 334 g/mol. The number of aryl methyl sites for hydroxylation is 1. The maximum atomic E-state index is 12.6. The average Bonchev–Trinajstić information content (AvgIpc) is 2.56. The highest BCUT2D eigenvalue weighted by molar-refractivity contribution is 7.99. The van der Waals surface area contributed by atoms with Crippen molar-refractivity contribution in [2.45, 2.75) is 11.8 Å². The molecule has 0 N–H and O–H groups in total. The summed E-state index contributed by atoms with van der Waals surface area (Å²) >= 11 is 1.80. The molecule has 0 spiro atoms. The highest BCUT2D eigenvalue weighted by Gasteiger charge is 2.25. The lowest BCUT2D eigenvalue weighted by molar-refractivity contribution is 0.443. The van der Waals surface area contributed by atoms with Gasteiger partial charge in [0, 0.05) is 42.0 Å². The number of aromatic nitrogens is 1. The molecule has 22 heavy (non-hydrogen) atoms. The molecule has 0 atom stereocenters. The monoisotopic (exact) mass is 334 g/mol. The third kappa shape index (κ3) is 3.19. The molecule has 2 heterocycles. The van der Waals surface area contributed by atoms with Crippen LogP contribution in [-0.4, -0.2) is 42.3 Å². The molecule has 0 radical (unpaired) electrons. The van der Waals surface area contributed by atoms with Gasteiger partial charge in [0.1, 0.15) is 0 Å². The third-order valence-corrected chi connectivity index (χ3v) is 6.56. The first-order chi connectivity index (χ1) is 10.6. The summed E-state index contributed by atoms with van der Waals surface area (Å²) in [5, 5.41) is 0. The van der Waals surface area contributed by atoms with Crippen molar-refractivity contribution < 1.29 is 8.42 Å². The molecule has 1 saturated heterocycles. The minimum absolute atomic E-state index is 0.364. The Morgan fingerprint density at radius 2 is 1.64 bits per heavy atom. The molecule has 1 aromatic heterocycles. The van der Waals surface area contributed by atoms with Gasteiger partial charge in [-0.05, 0) is 30.7 Å². The van der Waals surface area contributed by atoms with Crippen molar-refractivity contribution in [3.05, 3.63) is 48.3 Å². The van der Waals surface area contributed by atoms with Gasteiger partial charge >= 0.3 is 0 Å². The second-order valence-corrected chi connectivity index (χ2v) is 8.39. The highest BCUT2D eigenvalue weighted by Crippen LogP contribution is 2.24. The van der Waals surface area contributed by atoms with Crippen LogP contribution in [0.25, 0.3) is 11.1 Å². The molecule has 0 unspecified atom stereocenters.